The second kappa shape index (κ2) is 7.12. The zero-order chi connectivity index (χ0) is 18.7. The van der Waals surface area contributed by atoms with Gasteiger partial charge in [-0.3, -0.25) is 14.6 Å². The van der Waals surface area contributed by atoms with Gasteiger partial charge < -0.3 is 10.6 Å². The fourth-order valence-corrected chi connectivity index (χ4v) is 2.75. The second-order valence-corrected chi connectivity index (χ2v) is 7.47. The Morgan fingerprint density at radius 1 is 1.19 bits per heavy atom. The summed E-state index contributed by atoms with van der Waals surface area (Å²) >= 11 is 0. The van der Waals surface area contributed by atoms with Gasteiger partial charge in [-0.25, -0.2) is 0 Å². The number of anilines is 2. The maximum Gasteiger partial charge on any atom is 0.248 e. The molecule has 0 spiro atoms. The molecule has 0 bridgehead atoms. The Morgan fingerprint density at radius 3 is 2.69 bits per heavy atom. The maximum absolute atomic E-state index is 12.1. The molecule has 1 aromatic heterocycles. The normalized spacial score (nSPS) is 14.0. The largest absolute Gasteiger partial charge is 0.326 e. The summed E-state index contributed by atoms with van der Waals surface area (Å²) in [6, 6.07) is 9.50. The standard InChI is InChI=1S/C21H23N3O2/c1-21(2,3)18-9-4-14(13-22-18)5-10-19(25)23-16-8-6-15-7-11-20(26)24-17(15)12-16/h4-6,8-10,12-13H,7,11H2,1-3H3,(H,23,25)(H,24,26). The second-order valence-electron chi connectivity index (χ2n) is 7.47. The first kappa shape index (κ1) is 17.9. The van der Waals surface area contributed by atoms with E-state index < -0.39 is 0 Å². The molecule has 1 aliphatic heterocycles. The average Bonchev–Trinajstić information content (AvgIpc) is 2.59. The lowest BCUT2D eigenvalue weighted by Gasteiger charge is -2.17. The molecule has 0 aliphatic carbocycles. The fourth-order valence-electron chi connectivity index (χ4n) is 2.75. The van der Waals surface area contributed by atoms with Crippen molar-refractivity contribution in [1.29, 1.82) is 0 Å². The summed E-state index contributed by atoms with van der Waals surface area (Å²) in [5, 5.41) is 5.65. The Hall–Kier alpha value is -2.95. The van der Waals surface area contributed by atoms with Gasteiger partial charge in [-0.15, -0.1) is 0 Å². The van der Waals surface area contributed by atoms with Crippen LogP contribution in [0.15, 0.2) is 42.6 Å². The van der Waals surface area contributed by atoms with Crippen molar-refractivity contribution in [2.75, 3.05) is 10.6 Å². The third kappa shape index (κ3) is 4.36. The van der Waals surface area contributed by atoms with E-state index >= 15 is 0 Å². The van der Waals surface area contributed by atoms with Crippen LogP contribution in [0.25, 0.3) is 6.08 Å². The Morgan fingerprint density at radius 2 is 2.00 bits per heavy atom. The Bertz CT molecular complexity index is 862. The first-order valence-corrected chi connectivity index (χ1v) is 8.70. The first-order chi connectivity index (χ1) is 12.3. The van der Waals surface area contributed by atoms with Crippen molar-refractivity contribution in [3.63, 3.8) is 0 Å². The van der Waals surface area contributed by atoms with Crippen molar-refractivity contribution in [2.24, 2.45) is 0 Å². The van der Waals surface area contributed by atoms with Gasteiger partial charge in [-0.2, -0.15) is 0 Å². The minimum absolute atomic E-state index is 0.00147. The molecular formula is C21H23N3O2. The number of rotatable bonds is 3. The van der Waals surface area contributed by atoms with E-state index in [1.807, 2.05) is 24.3 Å². The predicted molar refractivity (Wildman–Crippen MR) is 104 cm³/mol. The molecule has 5 nitrogen and oxygen atoms in total. The summed E-state index contributed by atoms with van der Waals surface area (Å²) in [5.74, 6) is -0.223. The Labute approximate surface area is 153 Å². The summed E-state index contributed by atoms with van der Waals surface area (Å²) in [6.45, 7) is 6.33. The molecule has 2 amide bonds. The number of nitrogens with zero attached hydrogens (tertiary/aromatic N) is 1. The number of hydrogen-bond acceptors (Lipinski definition) is 3. The molecule has 2 aromatic rings. The van der Waals surface area contributed by atoms with Crippen molar-refractivity contribution in [3.05, 3.63) is 59.4 Å². The molecule has 0 atom stereocenters. The quantitative estimate of drug-likeness (QED) is 0.825. The van der Waals surface area contributed by atoms with Crippen molar-refractivity contribution in [2.45, 2.75) is 39.0 Å². The summed E-state index contributed by atoms with van der Waals surface area (Å²) in [5.41, 5.74) is 4.39. The van der Waals surface area contributed by atoms with E-state index in [1.54, 1.807) is 18.3 Å². The lowest BCUT2D eigenvalue weighted by atomic mass is 9.91. The minimum Gasteiger partial charge on any atom is -0.326 e. The zero-order valence-electron chi connectivity index (χ0n) is 15.3. The van der Waals surface area contributed by atoms with Gasteiger partial charge in [-0.05, 0) is 41.8 Å². The first-order valence-electron chi connectivity index (χ1n) is 8.70. The molecule has 5 heteroatoms. The van der Waals surface area contributed by atoms with Crippen molar-refractivity contribution < 1.29 is 9.59 Å². The molecule has 0 fully saturated rings. The Kier molecular flexibility index (Phi) is 4.89. The van der Waals surface area contributed by atoms with E-state index in [0.29, 0.717) is 12.1 Å². The highest BCUT2D eigenvalue weighted by Crippen LogP contribution is 2.26. The van der Waals surface area contributed by atoms with Gasteiger partial charge in [0.1, 0.15) is 0 Å². The lowest BCUT2D eigenvalue weighted by molar-refractivity contribution is -0.116. The van der Waals surface area contributed by atoms with Crippen LogP contribution < -0.4 is 10.6 Å². The Balaban J connectivity index is 1.64. The third-order valence-electron chi connectivity index (χ3n) is 4.25. The molecular weight excluding hydrogens is 326 g/mol. The van der Waals surface area contributed by atoms with Crippen molar-refractivity contribution in [1.82, 2.24) is 4.98 Å². The molecule has 26 heavy (non-hydrogen) atoms. The molecule has 1 aliphatic rings. The van der Waals surface area contributed by atoms with Gasteiger partial charge in [0.25, 0.3) is 0 Å². The van der Waals surface area contributed by atoms with E-state index in [4.69, 9.17) is 0 Å². The van der Waals surface area contributed by atoms with Gasteiger partial charge >= 0.3 is 0 Å². The van der Waals surface area contributed by atoms with Crippen molar-refractivity contribution >= 4 is 29.3 Å². The van der Waals surface area contributed by atoms with Crippen molar-refractivity contribution in [3.8, 4) is 0 Å². The molecule has 0 radical (unpaired) electrons. The minimum atomic E-state index is -0.230. The van der Waals surface area contributed by atoms with Crippen LogP contribution in [0, 0.1) is 0 Å². The number of amides is 2. The maximum atomic E-state index is 12.1. The number of fused-ring (bicyclic) bond motifs is 1. The van der Waals surface area contributed by atoms with E-state index in [0.717, 1.165) is 28.9 Å². The number of nitrogens with one attached hydrogen (secondary N) is 2. The van der Waals surface area contributed by atoms with Crippen LogP contribution in [-0.2, 0) is 21.4 Å². The topological polar surface area (TPSA) is 71.1 Å². The highest BCUT2D eigenvalue weighted by molar-refractivity contribution is 6.02. The number of benzene rings is 1. The predicted octanol–water partition coefficient (Wildman–Crippen LogP) is 3.92. The highest BCUT2D eigenvalue weighted by atomic mass is 16.2. The lowest BCUT2D eigenvalue weighted by Crippen LogP contribution is -2.19. The van der Waals surface area contributed by atoms with Gasteiger partial charge in [0, 0.05) is 41.2 Å². The van der Waals surface area contributed by atoms with Gasteiger partial charge in [0.05, 0.1) is 0 Å². The highest BCUT2D eigenvalue weighted by Gasteiger charge is 2.15. The molecule has 0 saturated carbocycles. The number of pyridine rings is 1. The molecule has 0 saturated heterocycles. The van der Waals surface area contributed by atoms with E-state index in [9.17, 15) is 9.59 Å². The summed E-state index contributed by atoms with van der Waals surface area (Å²) < 4.78 is 0. The summed E-state index contributed by atoms with van der Waals surface area (Å²) in [7, 11) is 0. The van der Waals surface area contributed by atoms with Crippen LogP contribution in [0.5, 0.6) is 0 Å². The molecule has 2 N–H and O–H groups in total. The molecule has 134 valence electrons. The van der Waals surface area contributed by atoms with Crippen LogP contribution in [0.4, 0.5) is 11.4 Å². The summed E-state index contributed by atoms with van der Waals surface area (Å²) in [6.07, 6.45) is 6.20. The smallest absolute Gasteiger partial charge is 0.248 e. The SMILES string of the molecule is CC(C)(C)c1ccc(C=CC(=O)Nc2ccc3c(c2)NC(=O)CC3)cn1. The number of carbonyl (C=O) groups is 2. The van der Waals surface area contributed by atoms with Gasteiger partial charge in [0.15, 0.2) is 0 Å². The van der Waals surface area contributed by atoms with Crippen LogP contribution in [0.3, 0.4) is 0 Å². The average molecular weight is 349 g/mol. The van der Waals surface area contributed by atoms with Gasteiger partial charge in [0.2, 0.25) is 11.8 Å². The van der Waals surface area contributed by atoms with E-state index in [2.05, 4.69) is 36.4 Å². The number of hydrogen-bond donors (Lipinski definition) is 2. The number of aromatic nitrogens is 1. The molecule has 2 heterocycles. The summed E-state index contributed by atoms with van der Waals surface area (Å²) in [4.78, 5) is 28.1. The molecule has 0 unspecified atom stereocenters. The third-order valence-corrected chi connectivity index (χ3v) is 4.25. The number of carbonyl (C=O) groups excluding carboxylic acids is 2. The molecule has 3 rings (SSSR count). The van der Waals surface area contributed by atoms with Crippen LogP contribution >= 0.6 is 0 Å². The number of aryl methyl sites for hydroxylation is 1. The molecule has 1 aromatic carbocycles. The monoisotopic (exact) mass is 349 g/mol. The van der Waals surface area contributed by atoms with E-state index in [1.165, 1.54) is 6.08 Å². The fraction of sp³-hybridized carbons (Fsp3) is 0.286. The van der Waals surface area contributed by atoms with E-state index in [-0.39, 0.29) is 17.2 Å². The zero-order valence-corrected chi connectivity index (χ0v) is 15.3. The van der Waals surface area contributed by atoms with Crippen LogP contribution in [0.1, 0.15) is 44.0 Å². The van der Waals surface area contributed by atoms with Crippen LogP contribution in [-0.4, -0.2) is 16.8 Å². The van der Waals surface area contributed by atoms with Crippen LogP contribution in [0.2, 0.25) is 0 Å². The van der Waals surface area contributed by atoms with Gasteiger partial charge in [-0.1, -0.05) is 32.9 Å².